The maximum absolute atomic E-state index is 13.4. The molecule has 0 saturated heterocycles. The Morgan fingerprint density at radius 3 is 1.10 bits per heavy atom. The van der Waals surface area contributed by atoms with E-state index in [0.29, 0.717) is 22.0 Å². The Bertz CT molecular complexity index is 6330. The SMILES string of the molecule is COC(=O)c1cc(Cl)cc(S(=O)(=O)Cc2cc(-c3ccccc3)ccc2OC)c1OC.COC(=O)c1cc(Cl)cc(S(=O)(=O)Cl)c1OC.COc1ccc(-c2ccccc2)cc1N.COc1ccc(-c2ccccc2)cc1NS(=O)(=O)c1cc(Cl)cc(C(=O)O)c1OC.O=C(O)c1cc(Cl)cc(S(=O)(=O)Cl)c1O.O=C(O)c1cc(Cl)ccc1O.O=S(=O)(O)Cl.[Na+].[OH-]. The predicted molar refractivity (Wildman–Crippen MR) is 471 cm³/mol. The van der Waals surface area contributed by atoms with E-state index in [2.05, 4.69) is 32.3 Å². The predicted octanol–water partition coefficient (Wildman–Crippen LogP) is 14.6. The molecule has 0 spiro atoms. The average molecular weight is 2010 g/mol. The van der Waals surface area contributed by atoms with Crippen molar-refractivity contribution in [2.24, 2.45) is 0 Å². The number of benzene rings is 11. The molecule has 11 rings (SSSR count). The molecule has 0 atom stereocenters. The number of carbonyl (C=O) groups excluding carboxylic acids is 2. The Morgan fingerprint density at radius 1 is 0.373 bits per heavy atom. The van der Waals surface area contributed by atoms with E-state index in [0.717, 1.165) is 76.6 Å². The molecule has 0 fully saturated rings. The van der Waals surface area contributed by atoms with Gasteiger partial charge in [-0.3, -0.25) is 9.27 Å². The number of aromatic hydroxyl groups is 2. The molecular weight excluding hydrogens is 1940 g/mol. The Hall–Kier alpha value is -10.2. The standard InChI is InChI=1S/C23H21ClO6S.C21H18ClNO6S.C13H13NO.C9H8Cl2O5S.C7H4Cl2O5S.C7H5ClO3.ClHO3S.Na.H2O/c1-28-20-10-9-16(15-7-5-4-6-8-15)11-17(20)14-31(26,27)21-13-18(24)12-19(22(21)29-2)23(25)30-3;1-28-18-9-8-14(13-6-4-3-5-7-13)10-17(18)23-30(26,27)19-12-15(22)11-16(21(24)25)20(19)29-2;1-15-13-8-7-11(9-12(13)14)10-5-3-2-4-6-10;1-15-8-6(9(12)16-2)3-5(10)4-7(8)17(11,13)14;8-3-1-4(7(11)12)6(10)5(2-3)15(9,13)14;8-4-1-2-6(9)5(3-4)7(10)11;1-5(2,3)4;;/h4-13H,14H2,1-3H3;3-12,23H,1-2H3,(H,24,25);2-9H,14H2,1H3;3-4H,1-2H3;1-2,10H,(H,11,12);1-3,9H,(H,10,11);(H,2,3,4);;1H2/q;;;;;;;+1;/p-1. The second-order valence-corrected chi connectivity index (χ2v) is 36.8. The summed E-state index contributed by atoms with van der Waals surface area (Å²) in [6.45, 7) is 0. The molecule has 0 aromatic heterocycles. The fourth-order valence-electron chi connectivity index (χ4n) is 10.6. The molecule has 0 aliphatic carbocycles. The summed E-state index contributed by atoms with van der Waals surface area (Å²) < 4.78 is 165. The van der Waals surface area contributed by atoms with E-state index in [1.54, 1.807) is 37.4 Å². The van der Waals surface area contributed by atoms with E-state index in [9.17, 15) is 67.9 Å². The molecule has 0 amide bonds. The molecule has 0 aliphatic rings. The molecule has 46 heteroatoms. The van der Waals surface area contributed by atoms with Crippen LogP contribution in [0.5, 0.6) is 46.0 Å². The van der Waals surface area contributed by atoms with Gasteiger partial charge in [-0.15, -0.1) is 0 Å². The van der Waals surface area contributed by atoms with Gasteiger partial charge in [-0.05, 0) is 137 Å². The van der Waals surface area contributed by atoms with Gasteiger partial charge in [0.1, 0.15) is 76.1 Å². The molecule has 668 valence electrons. The van der Waals surface area contributed by atoms with E-state index in [4.69, 9.17) is 147 Å². The number of methoxy groups -OCH3 is 8. The Morgan fingerprint density at radius 2 is 0.714 bits per heavy atom. The number of carboxylic acid groups (broad SMARTS) is 3. The molecule has 10 N–H and O–H groups in total. The summed E-state index contributed by atoms with van der Waals surface area (Å²) >= 11 is 28.7. The summed E-state index contributed by atoms with van der Waals surface area (Å²) in [4.78, 5) is 54.3. The molecular formula is C80H71Cl8N2NaO30S5. The number of sulfone groups is 1. The van der Waals surface area contributed by atoms with Crippen molar-refractivity contribution in [1.82, 2.24) is 0 Å². The minimum absolute atomic E-state index is 0. The van der Waals surface area contributed by atoms with Crippen molar-refractivity contribution in [1.29, 1.82) is 0 Å². The van der Waals surface area contributed by atoms with Crippen LogP contribution in [-0.2, 0) is 62.5 Å². The number of halogens is 8. The summed E-state index contributed by atoms with van der Waals surface area (Å²) in [5.74, 6) is -6.37. The molecule has 0 heterocycles. The Balaban J connectivity index is 0.000000398. The summed E-state index contributed by atoms with van der Waals surface area (Å²) in [7, 11) is 4.03. The zero-order valence-corrected chi connectivity index (χ0v) is 78.7. The van der Waals surface area contributed by atoms with Crippen molar-refractivity contribution in [3.63, 3.8) is 0 Å². The molecule has 11 aromatic rings. The van der Waals surface area contributed by atoms with E-state index in [1.807, 2.05) is 103 Å². The number of sulfonamides is 1. The van der Waals surface area contributed by atoms with Crippen molar-refractivity contribution in [2.45, 2.75) is 25.3 Å². The van der Waals surface area contributed by atoms with Crippen LogP contribution in [0.2, 0.25) is 25.1 Å². The minimum atomic E-state index is -4.27. The number of nitrogen functional groups attached to an aromatic ring is 1. The first-order valence-electron chi connectivity index (χ1n) is 33.8. The van der Waals surface area contributed by atoms with Crippen LogP contribution in [0.1, 0.15) is 57.4 Å². The molecule has 126 heavy (non-hydrogen) atoms. The third-order valence-electron chi connectivity index (χ3n) is 15.9. The largest absolute Gasteiger partial charge is 1.00 e. The van der Waals surface area contributed by atoms with Gasteiger partial charge in [0, 0.05) is 62.7 Å². The van der Waals surface area contributed by atoms with Gasteiger partial charge in [-0.1, -0.05) is 167 Å². The number of rotatable bonds is 22. The zero-order valence-electron chi connectivity index (χ0n) is 66.6. The third-order valence-corrected chi connectivity index (χ3v) is 22.7. The van der Waals surface area contributed by atoms with Crippen LogP contribution in [0.4, 0.5) is 11.4 Å². The second kappa shape index (κ2) is 49.8. The van der Waals surface area contributed by atoms with Crippen molar-refractivity contribution in [3.8, 4) is 79.4 Å². The first-order valence-corrected chi connectivity index (χ1v) is 45.7. The van der Waals surface area contributed by atoms with Gasteiger partial charge in [-0.2, -0.15) is 8.42 Å². The quantitative estimate of drug-likeness (QED) is 0.0103. The smallest absolute Gasteiger partial charge is 0.870 e. The van der Waals surface area contributed by atoms with Gasteiger partial charge >= 0.3 is 68.7 Å². The number of ether oxygens (including phenoxy) is 8. The molecule has 0 unspecified atom stereocenters. The van der Waals surface area contributed by atoms with Crippen LogP contribution in [0.25, 0.3) is 33.4 Å². The maximum Gasteiger partial charge on any atom is 1.00 e. The van der Waals surface area contributed by atoms with Crippen LogP contribution in [0.15, 0.2) is 232 Å². The summed E-state index contributed by atoms with van der Waals surface area (Å²) in [6.07, 6.45) is 0. The maximum atomic E-state index is 13.4. The number of anilines is 2. The van der Waals surface area contributed by atoms with Crippen LogP contribution >= 0.6 is 90.1 Å². The molecule has 0 saturated carbocycles. The average Bonchev–Trinajstić information content (AvgIpc) is 0.771. The number of phenols is 2. The number of nitrogens with two attached hydrogens (primary N) is 1. The Labute approximate surface area is 783 Å². The van der Waals surface area contributed by atoms with E-state index >= 15 is 0 Å². The summed E-state index contributed by atoms with van der Waals surface area (Å²) in [5.41, 5.74) is 11.5. The second-order valence-electron chi connectivity index (χ2n) is 24.0. The van der Waals surface area contributed by atoms with Crippen molar-refractivity contribution < 1.29 is 169 Å². The number of esters is 2. The van der Waals surface area contributed by atoms with Crippen LogP contribution < -0.4 is 68.4 Å². The number of carboxylic acids is 3. The van der Waals surface area contributed by atoms with Gasteiger partial charge in [0.2, 0.25) is 0 Å². The van der Waals surface area contributed by atoms with E-state index in [-0.39, 0.29) is 127 Å². The molecule has 11 aromatic carbocycles. The van der Waals surface area contributed by atoms with Gasteiger partial charge in [0.25, 0.3) is 28.1 Å². The fraction of sp³-hybridized carbons (Fsp3) is 0.113. The molecule has 32 nitrogen and oxygen atoms in total. The van der Waals surface area contributed by atoms with Gasteiger partial charge in [0.15, 0.2) is 27.1 Å². The van der Waals surface area contributed by atoms with Crippen molar-refractivity contribution in [2.75, 3.05) is 67.3 Å². The Kier molecular flexibility index (Phi) is 43.4. The monoisotopic (exact) mass is 2000 g/mol. The molecule has 0 radical (unpaired) electrons. The number of aromatic carboxylic acids is 3. The van der Waals surface area contributed by atoms with Crippen LogP contribution in [-0.4, -0.2) is 164 Å². The topological polar surface area (TPSA) is 519 Å². The first kappa shape index (κ1) is 110. The minimum Gasteiger partial charge on any atom is -0.870 e. The molecule has 0 bridgehead atoms. The van der Waals surface area contributed by atoms with E-state index < -0.39 is 98.2 Å². The van der Waals surface area contributed by atoms with Gasteiger partial charge in [-0.25, -0.2) is 57.6 Å². The first-order chi connectivity index (χ1) is 58.0. The van der Waals surface area contributed by atoms with E-state index in [1.165, 1.54) is 79.1 Å². The molecule has 0 aliphatic heterocycles. The van der Waals surface area contributed by atoms with Crippen molar-refractivity contribution >= 4 is 179 Å². The normalized spacial score (nSPS) is 10.7. The summed E-state index contributed by atoms with van der Waals surface area (Å²) in [6, 6.07) is 58.1. The number of hydrogen-bond donors (Lipinski definition) is 8. The summed E-state index contributed by atoms with van der Waals surface area (Å²) in [5, 5.41) is 44.9. The van der Waals surface area contributed by atoms with Crippen molar-refractivity contribution in [3.05, 3.63) is 271 Å². The van der Waals surface area contributed by atoms with Crippen LogP contribution in [0.3, 0.4) is 0 Å². The number of nitrogens with one attached hydrogen (secondary N) is 1. The zero-order chi connectivity index (χ0) is 93.1. The third kappa shape index (κ3) is 32.3. The number of carbonyl (C=O) groups is 5. The van der Waals surface area contributed by atoms with Gasteiger partial charge < -0.3 is 74.6 Å². The van der Waals surface area contributed by atoms with Crippen LogP contribution in [0, 0.1) is 0 Å². The number of hydrogen-bond acceptors (Lipinski definition) is 27. The fourth-order valence-corrected chi connectivity index (χ4v) is 16.7. The van der Waals surface area contributed by atoms with Gasteiger partial charge in [0.05, 0.1) is 74.0 Å².